The maximum absolute atomic E-state index is 4.93. The van der Waals surface area contributed by atoms with Crippen molar-refractivity contribution in [2.75, 3.05) is 0 Å². The van der Waals surface area contributed by atoms with Gasteiger partial charge in [-0.15, -0.1) is 0 Å². The van der Waals surface area contributed by atoms with Crippen molar-refractivity contribution in [3.05, 3.63) is 130 Å². The van der Waals surface area contributed by atoms with Crippen molar-refractivity contribution in [2.24, 2.45) is 9.98 Å². The Hall–Kier alpha value is -3.50. The van der Waals surface area contributed by atoms with E-state index >= 15 is 0 Å². The van der Waals surface area contributed by atoms with E-state index in [4.69, 9.17) is 9.98 Å². The molecule has 0 radical (unpaired) electrons. The molecule has 1 atom stereocenters. The molecule has 3 nitrogen and oxygen atoms in total. The Bertz CT molecular complexity index is 1230. The van der Waals surface area contributed by atoms with Gasteiger partial charge in [-0.1, -0.05) is 113 Å². The molecular weight excluding hydrogens is 446 g/mol. The molecule has 0 spiro atoms. The number of benzene rings is 4. The Kier molecular flexibility index (Phi) is 5.46. The summed E-state index contributed by atoms with van der Waals surface area (Å²) in [5.41, 5.74) is 5.51. The second-order valence-corrected chi connectivity index (χ2v) is 8.23. The summed E-state index contributed by atoms with van der Waals surface area (Å²) >= 11 is 3.51. The molecule has 0 aromatic heterocycles. The number of rotatable bonds is 4. The lowest BCUT2D eigenvalue weighted by molar-refractivity contribution is 0.756. The van der Waals surface area contributed by atoms with Crippen molar-refractivity contribution in [3.63, 3.8) is 0 Å². The van der Waals surface area contributed by atoms with Crippen LogP contribution in [0.3, 0.4) is 0 Å². The molecule has 1 N–H and O–H groups in total. The first-order valence-corrected chi connectivity index (χ1v) is 10.9. The fraction of sp³-hybridized carbons (Fsp3) is 0.0370. The molecule has 150 valence electrons. The fourth-order valence-corrected chi connectivity index (χ4v) is 3.84. The second kappa shape index (κ2) is 8.70. The highest BCUT2D eigenvalue weighted by Gasteiger charge is 2.20. The maximum atomic E-state index is 4.93. The molecule has 1 unspecified atom stereocenters. The average Bonchev–Trinajstić information content (AvgIpc) is 2.85. The molecule has 4 aromatic carbocycles. The van der Waals surface area contributed by atoms with Crippen LogP contribution in [0.4, 0.5) is 0 Å². The predicted molar refractivity (Wildman–Crippen MR) is 131 cm³/mol. The van der Waals surface area contributed by atoms with E-state index in [-0.39, 0.29) is 6.17 Å². The van der Waals surface area contributed by atoms with E-state index < -0.39 is 0 Å². The van der Waals surface area contributed by atoms with Crippen LogP contribution in [-0.4, -0.2) is 11.7 Å². The van der Waals surface area contributed by atoms with E-state index in [9.17, 15) is 0 Å². The fourth-order valence-electron chi connectivity index (χ4n) is 3.58. The third kappa shape index (κ3) is 4.35. The lowest BCUT2D eigenvalue weighted by Gasteiger charge is -2.22. The Morgan fingerprint density at radius 3 is 1.55 bits per heavy atom. The molecule has 4 aromatic rings. The minimum absolute atomic E-state index is 0.287. The molecule has 0 amide bonds. The van der Waals surface area contributed by atoms with Gasteiger partial charge in [0.2, 0.25) is 0 Å². The van der Waals surface area contributed by atoms with Crippen molar-refractivity contribution in [2.45, 2.75) is 6.17 Å². The topological polar surface area (TPSA) is 36.8 Å². The van der Waals surface area contributed by atoms with Gasteiger partial charge in [-0.2, -0.15) is 0 Å². The molecule has 0 bridgehead atoms. The summed E-state index contributed by atoms with van der Waals surface area (Å²) in [6.45, 7) is 0. The Labute approximate surface area is 190 Å². The first-order valence-electron chi connectivity index (χ1n) is 10.2. The summed E-state index contributed by atoms with van der Waals surface area (Å²) in [6, 6.07) is 37.2. The lowest BCUT2D eigenvalue weighted by atomic mass is 10.0. The van der Waals surface area contributed by atoms with E-state index in [1.165, 1.54) is 11.1 Å². The second-order valence-electron chi connectivity index (χ2n) is 7.32. The first kappa shape index (κ1) is 19.5. The first-order chi connectivity index (χ1) is 15.3. The largest absolute Gasteiger partial charge is 0.324 e. The van der Waals surface area contributed by atoms with Gasteiger partial charge in [-0.05, 0) is 28.8 Å². The summed E-state index contributed by atoms with van der Waals surface area (Å²) in [7, 11) is 0. The number of hydrogen-bond donors (Lipinski definition) is 1. The molecule has 1 aliphatic heterocycles. The van der Waals surface area contributed by atoms with Crippen LogP contribution in [0.15, 0.2) is 124 Å². The number of nitrogens with zero attached hydrogens (tertiary/aromatic N) is 2. The summed E-state index contributed by atoms with van der Waals surface area (Å²) in [6.07, 6.45) is -0.287. The Balaban J connectivity index is 1.51. The van der Waals surface area contributed by atoms with E-state index in [1.54, 1.807) is 0 Å². The molecule has 0 saturated carbocycles. The summed E-state index contributed by atoms with van der Waals surface area (Å²) in [4.78, 5) is 9.82. The predicted octanol–water partition coefficient (Wildman–Crippen LogP) is 6.61. The van der Waals surface area contributed by atoms with E-state index in [2.05, 4.69) is 94.0 Å². The zero-order chi connectivity index (χ0) is 21.0. The van der Waals surface area contributed by atoms with Gasteiger partial charge < -0.3 is 5.32 Å². The number of nitrogens with one attached hydrogen (secondary N) is 1. The van der Waals surface area contributed by atoms with Crippen molar-refractivity contribution < 1.29 is 0 Å². The van der Waals surface area contributed by atoms with Crippen LogP contribution < -0.4 is 5.32 Å². The molecule has 1 aliphatic rings. The van der Waals surface area contributed by atoms with Gasteiger partial charge in [0.1, 0.15) is 11.7 Å². The third-order valence-corrected chi connectivity index (χ3v) is 5.75. The monoisotopic (exact) mass is 465 g/mol. The van der Waals surface area contributed by atoms with E-state index in [0.29, 0.717) is 0 Å². The molecule has 0 fully saturated rings. The SMILES string of the molecule is Brc1ccc(C2=NC(c3ccccc3)N=C(c3ccc(-c4ccccc4)cc3)N2)cc1. The van der Waals surface area contributed by atoms with Crippen molar-refractivity contribution in [1.82, 2.24) is 5.32 Å². The Morgan fingerprint density at radius 2 is 0.968 bits per heavy atom. The van der Waals surface area contributed by atoms with Crippen LogP contribution >= 0.6 is 15.9 Å². The maximum Gasteiger partial charge on any atom is 0.169 e. The summed E-state index contributed by atoms with van der Waals surface area (Å²) < 4.78 is 1.04. The summed E-state index contributed by atoms with van der Waals surface area (Å²) in [5.74, 6) is 1.64. The van der Waals surface area contributed by atoms with Crippen LogP contribution in [0.25, 0.3) is 11.1 Å². The smallest absolute Gasteiger partial charge is 0.169 e. The molecule has 0 aliphatic carbocycles. The summed E-state index contributed by atoms with van der Waals surface area (Å²) in [5, 5.41) is 3.45. The third-order valence-electron chi connectivity index (χ3n) is 5.22. The normalized spacial score (nSPS) is 15.6. The molecular formula is C27H20BrN3. The highest BCUT2D eigenvalue weighted by molar-refractivity contribution is 9.10. The Morgan fingerprint density at radius 1 is 0.516 bits per heavy atom. The molecule has 0 saturated heterocycles. The van der Waals surface area contributed by atoms with E-state index in [1.807, 2.05) is 36.4 Å². The van der Waals surface area contributed by atoms with Crippen LogP contribution in [0.5, 0.6) is 0 Å². The number of halogens is 1. The number of aliphatic imine (C=N–C) groups is 2. The van der Waals surface area contributed by atoms with Crippen LogP contribution in [0.2, 0.25) is 0 Å². The minimum Gasteiger partial charge on any atom is -0.324 e. The van der Waals surface area contributed by atoms with Crippen molar-refractivity contribution in [3.8, 4) is 11.1 Å². The molecule has 1 heterocycles. The van der Waals surface area contributed by atoms with Crippen LogP contribution in [-0.2, 0) is 0 Å². The van der Waals surface area contributed by atoms with Crippen molar-refractivity contribution in [1.29, 1.82) is 0 Å². The zero-order valence-corrected chi connectivity index (χ0v) is 18.3. The van der Waals surface area contributed by atoms with Gasteiger partial charge in [-0.3, -0.25) is 0 Å². The van der Waals surface area contributed by atoms with Gasteiger partial charge in [-0.25, -0.2) is 9.98 Å². The molecule has 4 heteroatoms. The van der Waals surface area contributed by atoms with Gasteiger partial charge in [0, 0.05) is 15.6 Å². The average molecular weight is 466 g/mol. The molecule has 31 heavy (non-hydrogen) atoms. The van der Waals surface area contributed by atoms with Gasteiger partial charge >= 0.3 is 0 Å². The lowest BCUT2D eigenvalue weighted by Crippen LogP contribution is -2.36. The zero-order valence-electron chi connectivity index (χ0n) is 16.7. The van der Waals surface area contributed by atoms with E-state index in [0.717, 1.165) is 32.8 Å². The quantitative estimate of drug-likeness (QED) is 0.361. The number of amidine groups is 2. The highest BCUT2D eigenvalue weighted by Crippen LogP contribution is 2.25. The van der Waals surface area contributed by atoms with Gasteiger partial charge in [0.15, 0.2) is 6.17 Å². The minimum atomic E-state index is -0.287. The van der Waals surface area contributed by atoms with Crippen LogP contribution in [0, 0.1) is 0 Å². The molecule has 5 rings (SSSR count). The van der Waals surface area contributed by atoms with Crippen LogP contribution in [0.1, 0.15) is 22.9 Å². The standard InChI is InChI=1S/C27H20BrN3/c28-24-17-15-23(16-18-24)27-30-25(21-9-5-2-6-10-21)29-26(31-27)22-13-11-20(12-14-22)19-7-3-1-4-8-19/h1-18,25H,(H,29,30,31). The number of hydrogen-bond acceptors (Lipinski definition) is 3. The van der Waals surface area contributed by atoms with Gasteiger partial charge in [0.25, 0.3) is 0 Å². The van der Waals surface area contributed by atoms with Crippen molar-refractivity contribution >= 4 is 27.6 Å². The van der Waals surface area contributed by atoms with Gasteiger partial charge in [0.05, 0.1) is 0 Å². The highest BCUT2D eigenvalue weighted by atomic mass is 79.9.